The molecular weight excluding hydrogens is 352 g/mol. The zero-order valence-electron chi connectivity index (χ0n) is 17.1. The summed E-state index contributed by atoms with van der Waals surface area (Å²) in [5.41, 5.74) is 0. The molecule has 0 aromatic carbocycles. The fourth-order valence-electron chi connectivity index (χ4n) is 3.45. The van der Waals surface area contributed by atoms with Crippen LogP contribution in [0.3, 0.4) is 0 Å². The van der Waals surface area contributed by atoms with E-state index in [0.29, 0.717) is 25.5 Å². The summed E-state index contributed by atoms with van der Waals surface area (Å²) in [5, 5.41) is 11.7. The standard InChI is InChI=1S/C18H36N2O5Si/c1-13-9-15(10-14(2)25-13)11-16(19-17(21)22)12-20(3)18(23)24-7-8-26(4,5)6/h13-16,19H,7-12H2,1-6H3,(H,21,22). The molecule has 1 heterocycles. The Balaban J connectivity index is 2.54. The summed E-state index contributed by atoms with van der Waals surface area (Å²) < 4.78 is 11.1. The van der Waals surface area contributed by atoms with E-state index in [9.17, 15) is 9.59 Å². The van der Waals surface area contributed by atoms with Gasteiger partial charge >= 0.3 is 12.2 Å². The van der Waals surface area contributed by atoms with Crippen LogP contribution in [-0.2, 0) is 9.47 Å². The number of ether oxygens (including phenoxy) is 2. The van der Waals surface area contributed by atoms with Crippen molar-refractivity contribution in [1.82, 2.24) is 10.2 Å². The lowest BCUT2D eigenvalue weighted by atomic mass is 9.87. The van der Waals surface area contributed by atoms with Gasteiger partial charge in [0.05, 0.1) is 24.9 Å². The number of carbonyl (C=O) groups is 2. The highest BCUT2D eigenvalue weighted by molar-refractivity contribution is 6.76. The number of hydrogen-bond donors (Lipinski definition) is 2. The van der Waals surface area contributed by atoms with E-state index >= 15 is 0 Å². The summed E-state index contributed by atoms with van der Waals surface area (Å²) in [7, 11) is 0.402. The minimum Gasteiger partial charge on any atom is -0.465 e. The van der Waals surface area contributed by atoms with Gasteiger partial charge in [0.1, 0.15) is 0 Å². The second kappa shape index (κ2) is 10.2. The lowest BCUT2D eigenvalue weighted by Gasteiger charge is -2.34. The lowest BCUT2D eigenvalue weighted by Crippen LogP contribution is -2.46. The van der Waals surface area contributed by atoms with Gasteiger partial charge in [-0.15, -0.1) is 0 Å². The van der Waals surface area contributed by atoms with Crippen LogP contribution in [0.5, 0.6) is 0 Å². The van der Waals surface area contributed by atoms with Gasteiger partial charge in [-0.2, -0.15) is 0 Å². The Bertz CT molecular complexity index is 459. The summed E-state index contributed by atoms with van der Waals surface area (Å²) in [6.07, 6.45) is 1.41. The number of hydrogen-bond acceptors (Lipinski definition) is 4. The average molecular weight is 389 g/mol. The van der Waals surface area contributed by atoms with Crippen molar-refractivity contribution >= 4 is 20.3 Å². The molecule has 7 nitrogen and oxygen atoms in total. The number of amides is 2. The third kappa shape index (κ3) is 9.42. The molecule has 1 aliphatic rings. The van der Waals surface area contributed by atoms with Crippen LogP contribution >= 0.6 is 0 Å². The molecule has 2 amide bonds. The molecular formula is C18H36N2O5Si. The molecule has 3 atom stereocenters. The molecule has 1 fully saturated rings. The third-order valence-corrected chi connectivity index (χ3v) is 6.33. The van der Waals surface area contributed by atoms with Gasteiger partial charge in [0.2, 0.25) is 0 Å². The van der Waals surface area contributed by atoms with Crippen molar-refractivity contribution in [2.45, 2.75) is 77.0 Å². The van der Waals surface area contributed by atoms with E-state index in [-0.39, 0.29) is 18.2 Å². The fourth-order valence-corrected chi connectivity index (χ4v) is 4.17. The highest BCUT2D eigenvalue weighted by Gasteiger charge is 2.28. The molecule has 2 N–H and O–H groups in total. The van der Waals surface area contributed by atoms with E-state index in [1.54, 1.807) is 7.05 Å². The predicted octanol–water partition coefficient (Wildman–Crippen LogP) is 3.62. The quantitative estimate of drug-likeness (QED) is 0.620. The SMILES string of the molecule is CC1CC(CC(CN(C)C(=O)OCC[Si](C)(C)C)NC(=O)O)CC(C)O1. The van der Waals surface area contributed by atoms with E-state index < -0.39 is 20.3 Å². The van der Waals surface area contributed by atoms with Crippen LogP contribution in [0, 0.1) is 5.92 Å². The molecule has 3 unspecified atom stereocenters. The van der Waals surface area contributed by atoms with E-state index in [1.165, 1.54) is 4.90 Å². The van der Waals surface area contributed by atoms with Gasteiger partial charge in [-0.1, -0.05) is 19.6 Å². The predicted molar refractivity (Wildman–Crippen MR) is 104 cm³/mol. The Morgan fingerprint density at radius 2 is 1.85 bits per heavy atom. The molecule has 1 aliphatic heterocycles. The Morgan fingerprint density at radius 1 is 1.27 bits per heavy atom. The zero-order valence-corrected chi connectivity index (χ0v) is 18.1. The van der Waals surface area contributed by atoms with Gasteiger partial charge in [-0.05, 0) is 45.1 Å². The first-order valence-corrected chi connectivity index (χ1v) is 13.2. The van der Waals surface area contributed by atoms with Crippen molar-refractivity contribution in [3.05, 3.63) is 0 Å². The summed E-state index contributed by atoms with van der Waals surface area (Å²) in [4.78, 5) is 24.8. The van der Waals surface area contributed by atoms with Crippen molar-refractivity contribution in [2.75, 3.05) is 20.2 Å². The highest BCUT2D eigenvalue weighted by Crippen LogP contribution is 2.28. The summed E-state index contributed by atoms with van der Waals surface area (Å²) >= 11 is 0. The van der Waals surface area contributed by atoms with Crippen LogP contribution in [-0.4, -0.2) is 68.7 Å². The molecule has 0 saturated carbocycles. The Morgan fingerprint density at radius 3 is 2.35 bits per heavy atom. The van der Waals surface area contributed by atoms with Crippen LogP contribution in [0.1, 0.15) is 33.1 Å². The minimum absolute atomic E-state index is 0.179. The van der Waals surface area contributed by atoms with Crippen molar-refractivity contribution in [3.8, 4) is 0 Å². The number of likely N-dealkylation sites (N-methyl/N-ethyl adjacent to an activating group) is 1. The lowest BCUT2D eigenvalue weighted by molar-refractivity contribution is -0.0551. The smallest absolute Gasteiger partial charge is 0.409 e. The number of rotatable bonds is 8. The summed E-state index contributed by atoms with van der Waals surface area (Å²) in [6, 6.07) is 0.603. The van der Waals surface area contributed by atoms with Crippen molar-refractivity contribution < 1.29 is 24.2 Å². The second-order valence-electron chi connectivity index (χ2n) is 8.78. The maximum Gasteiger partial charge on any atom is 0.409 e. The zero-order chi connectivity index (χ0) is 19.9. The molecule has 1 rings (SSSR count). The molecule has 0 spiro atoms. The largest absolute Gasteiger partial charge is 0.465 e. The maximum absolute atomic E-state index is 12.2. The number of nitrogens with one attached hydrogen (secondary N) is 1. The molecule has 0 aromatic heterocycles. The van der Waals surface area contributed by atoms with Gasteiger partial charge < -0.3 is 24.8 Å². The van der Waals surface area contributed by atoms with Gasteiger partial charge in [0.15, 0.2) is 0 Å². The topological polar surface area (TPSA) is 88.1 Å². The van der Waals surface area contributed by atoms with E-state index in [0.717, 1.165) is 18.9 Å². The number of nitrogens with zero attached hydrogens (tertiary/aromatic N) is 1. The number of carboxylic acid groups (broad SMARTS) is 1. The van der Waals surface area contributed by atoms with Gasteiger partial charge in [-0.3, -0.25) is 0 Å². The number of carbonyl (C=O) groups excluding carboxylic acids is 1. The molecule has 8 heteroatoms. The first kappa shape index (κ1) is 22.8. The molecule has 0 aliphatic carbocycles. The Hall–Kier alpha value is -1.28. The third-order valence-electron chi connectivity index (χ3n) is 4.62. The molecule has 0 bridgehead atoms. The van der Waals surface area contributed by atoms with E-state index in [4.69, 9.17) is 14.6 Å². The van der Waals surface area contributed by atoms with Crippen LogP contribution < -0.4 is 5.32 Å². The van der Waals surface area contributed by atoms with Crippen LogP contribution in [0.15, 0.2) is 0 Å². The molecule has 152 valence electrons. The van der Waals surface area contributed by atoms with E-state index in [2.05, 4.69) is 25.0 Å². The normalized spacial score (nSPS) is 24.6. The maximum atomic E-state index is 12.2. The van der Waals surface area contributed by atoms with Crippen LogP contribution in [0.25, 0.3) is 0 Å². The summed E-state index contributed by atoms with van der Waals surface area (Å²) in [5.74, 6) is 0.377. The van der Waals surface area contributed by atoms with Gasteiger partial charge in [0, 0.05) is 21.7 Å². The first-order chi connectivity index (χ1) is 12.0. The summed E-state index contributed by atoms with van der Waals surface area (Å²) in [6.45, 7) is 11.5. The fraction of sp³-hybridized carbons (Fsp3) is 0.889. The van der Waals surface area contributed by atoms with Gasteiger partial charge in [0.25, 0.3) is 0 Å². The monoisotopic (exact) mass is 388 g/mol. The Kier molecular flexibility index (Phi) is 8.89. The van der Waals surface area contributed by atoms with Crippen molar-refractivity contribution in [2.24, 2.45) is 5.92 Å². The van der Waals surface area contributed by atoms with Crippen LogP contribution in [0.4, 0.5) is 9.59 Å². The average Bonchev–Trinajstić information content (AvgIpc) is 2.43. The van der Waals surface area contributed by atoms with Gasteiger partial charge in [-0.25, -0.2) is 9.59 Å². The van der Waals surface area contributed by atoms with Crippen molar-refractivity contribution in [1.29, 1.82) is 0 Å². The highest BCUT2D eigenvalue weighted by atomic mass is 28.3. The van der Waals surface area contributed by atoms with E-state index in [1.807, 2.05) is 13.8 Å². The van der Waals surface area contributed by atoms with Crippen LogP contribution in [0.2, 0.25) is 25.7 Å². The minimum atomic E-state index is -1.25. The first-order valence-electron chi connectivity index (χ1n) is 9.49. The molecule has 0 aromatic rings. The molecule has 0 radical (unpaired) electrons. The molecule has 26 heavy (non-hydrogen) atoms. The van der Waals surface area contributed by atoms with Crippen molar-refractivity contribution in [3.63, 3.8) is 0 Å². The Labute approximate surface area is 158 Å². The molecule has 1 saturated heterocycles. The second-order valence-corrected chi connectivity index (χ2v) is 14.4.